The van der Waals surface area contributed by atoms with Crippen LogP contribution in [-0.4, -0.2) is 24.1 Å². The number of hydrogen-bond acceptors (Lipinski definition) is 3. The molecule has 2 rings (SSSR count). The molecular formula is C12H14ClN3. The van der Waals surface area contributed by atoms with Gasteiger partial charge in [0.2, 0.25) is 0 Å². The fourth-order valence-electron chi connectivity index (χ4n) is 1.50. The van der Waals surface area contributed by atoms with Crippen LogP contribution in [0.5, 0.6) is 0 Å². The summed E-state index contributed by atoms with van der Waals surface area (Å²) in [5.74, 6) is 0. The summed E-state index contributed by atoms with van der Waals surface area (Å²) in [6.07, 6.45) is 0. The average Bonchev–Trinajstić information content (AvgIpc) is 2.26. The van der Waals surface area contributed by atoms with Gasteiger partial charge in [-0.15, -0.1) is 0 Å². The minimum atomic E-state index is 0.563. The van der Waals surface area contributed by atoms with E-state index in [-0.39, 0.29) is 0 Å². The third-order valence-corrected chi connectivity index (χ3v) is 2.66. The number of hydrazine groups is 1. The first kappa shape index (κ1) is 11.3. The SMILES string of the molecule is CN(C)NCc1cc2ccccc2nc1Cl. The molecular weight excluding hydrogens is 222 g/mol. The summed E-state index contributed by atoms with van der Waals surface area (Å²) in [5, 5.41) is 3.57. The van der Waals surface area contributed by atoms with E-state index in [0.717, 1.165) is 16.5 Å². The molecule has 0 atom stereocenters. The van der Waals surface area contributed by atoms with E-state index in [4.69, 9.17) is 11.6 Å². The molecule has 0 spiro atoms. The molecule has 2 aromatic rings. The highest BCUT2D eigenvalue weighted by atomic mass is 35.5. The second kappa shape index (κ2) is 4.78. The monoisotopic (exact) mass is 235 g/mol. The van der Waals surface area contributed by atoms with Gasteiger partial charge in [0.25, 0.3) is 0 Å². The molecule has 1 N–H and O–H groups in total. The van der Waals surface area contributed by atoms with Crippen LogP contribution < -0.4 is 5.43 Å². The van der Waals surface area contributed by atoms with Crippen molar-refractivity contribution < 1.29 is 0 Å². The third-order valence-electron chi connectivity index (χ3n) is 2.34. The minimum absolute atomic E-state index is 0.563. The van der Waals surface area contributed by atoms with Crippen LogP contribution in [-0.2, 0) is 6.54 Å². The van der Waals surface area contributed by atoms with Crippen molar-refractivity contribution >= 4 is 22.5 Å². The molecule has 0 unspecified atom stereocenters. The van der Waals surface area contributed by atoms with Gasteiger partial charge >= 0.3 is 0 Å². The van der Waals surface area contributed by atoms with Gasteiger partial charge in [0, 0.05) is 31.6 Å². The summed E-state index contributed by atoms with van der Waals surface area (Å²) in [6.45, 7) is 0.684. The second-order valence-electron chi connectivity index (χ2n) is 3.86. The molecule has 1 heterocycles. The molecule has 0 saturated heterocycles. The molecule has 0 aliphatic carbocycles. The molecule has 0 amide bonds. The Balaban J connectivity index is 2.34. The standard InChI is InChI=1S/C12H14ClN3/c1-16(2)14-8-10-7-9-5-3-4-6-11(9)15-12(10)13/h3-7,14H,8H2,1-2H3. The van der Waals surface area contributed by atoms with Gasteiger partial charge in [0.05, 0.1) is 5.52 Å². The van der Waals surface area contributed by atoms with E-state index in [1.54, 1.807) is 0 Å². The van der Waals surface area contributed by atoms with Crippen molar-refractivity contribution in [2.45, 2.75) is 6.54 Å². The van der Waals surface area contributed by atoms with Crippen molar-refractivity contribution in [1.82, 2.24) is 15.4 Å². The maximum atomic E-state index is 6.12. The molecule has 4 heteroatoms. The van der Waals surface area contributed by atoms with E-state index in [2.05, 4.69) is 16.5 Å². The van der Waals surface area contributed by atoms with Gasteiger partial charge in [-0.2, -0.15) is 0 Å². The first-order valence-corrected chi connectivity index (χ1v) is 5.49. The Hall–Kier alpha value is -1.16. The van der Waals surface area contributed by atoms with Crippen molar-refractivity contribution in [2.75, 3.05) is 14.1 Å². The predicted molar refractivity (Wildman–Crippen MR) is 67.3 cm³/mol. The molecule has 0 bridgehead atoms. The summed E-state index contributed by atoms with van der Waals surface area (Å²) in [6, 6.07) is 10.0. The first-order valence-electron chi connectivity index (χ1n) is 5.12. The number of rotatable bonds is 3. The van der Waals surface area contributed by atoms with E-state index < -0.39 is 0 Å². The lowest BCUT2D eigenvalue weighted by Gasteiger charge is -2.12. The number of fused-ring (bicyclic) bond motifs is 1. The second-order valence-corrected chi connectivity index (χ2v) is 4.22. The van der Waals surface area contributed by atoms with Crippen LogP contribution in [0, 0.1) is 0 Å². The zero-order chi connectivity index (χ0) is 11.5. The number of hydrogen-bond donors (Lipinski definition) is 1. The van der Waals surface area contributed by atoms with Crippen molar-refractivity contribution in [3.8, 4) is 0 Å². The predicted octanol–water partition coefficient (Wildman–Crippen LogP) is 2.45. The zero-order valence-electron chi connectivity index (χ0n) is 9.37. The maximum Gasteiger partial charge on any atom is 0.134 e. The molecule has 84 valence electrons. The number of halogens is 1. The largest absolute Gasteiger partial charge is 0.251 e. The lowest BCUT2D eigenvalue weighted by Crippen LogP contribution is -2.29. The van der Waals surface area contributed by atoms with E-state index in [1.807, 2.05) is 43.4 Å². The quantitative estimate of drug-likeness (QED) is 0.654. The number of aromatic nitrogens is 1. The lowest BCUT2D eigenvalue weighted by molar-refractivity contribution is 0.286. The van der Waals surface area contributed by atoms with Crippen LogP contribution >= 0.6 is 11.6 Å². The zero-order valence-corrected chi connectivity index (χ0v) is 10.1. The van der Waals surface area contributed by atoms with E-state index >= 15 is 0 Å². The third kappa shape index (κ3) is 2.50. The summed E-state index contributed by atoms with van der Waals surface area (Å²) >= 11 is 6.12. The molecule has 0 fully saturated rings. The lowest BCUT2D eigenvalue weighted by atomic mass is 10.1. The van der Waals surface area contributed by atoms with Gasteiger partial charge in [-0.05, 0) is 12.1 Å². The number of para-hydroxylation sites is 1. The van der Waals surface area contributed by atoms with Crippen LogP contribution in [0.15, 0.2) is 30.3 Å². The van der Waals surface area contributed by atoms with Crippen molar-refractivity contribution in [3.05, 3.63) is 41.0 Å². The molecule has 1 aromatic carbocycles. The fourth-order valence-corrected chi connectivity index (χ4v) is 1.72. The molecule has 3 nitrogen and oxygen atoms in total. The van der Waals surface area contributed by atoms with Crippen LogP contribution in [0.4, 0.5) is 0 Å². The molecule has 0 radical (unpaired) electrons. The molecule has 16 heavy (non-hydrogen) atoms. The van der Waals surface area contributed by atoms with Crippen molar-refractivity contribution in [1.29, 1.82) is 0 Å². The fraction of sp³-hybridized carbons (Fsp3) is 0.250. The smallest absolute Gasteiger partial charge is 0.134 e. The van der Waals surface area contributed by atoms with E-state index in [0.29, 0.717) is 11.7 Å². The highest BCUT2D eigenvalue weighted by Gasteiger charge is 2.04. The van der Waals surface area contributed by atoms with Crippen LogP contribution in [0.3, 0.4) is 0 Å². The van der Waals surface area contributed by atoms with Crippen LogP contribution in [0.25, 0.3) is 10.9 Å². The van der Waals surface area contributed by atoms with Crippen LogP contribution in [0.2, 0.25) is 5.15 Å². The summed E-state index contributed by atoms with van der Waals surface area (Å²) in [5.41, 5.74) is 5.12. The van der Waals surface area contributed by atoms with Gasteiger partial charge in [0.15, 0.2) is 0 Å². The van der Waals surface area contributed by atoms with E-state index in [1.165, 1.54) is 0 Å². The van der Waals surface area contributed by atoms with Crippen molar-refractivity contribution in [3.63, 3.8) is 0 Å². The molecule has 0 saturated carbocycles. The summed E-state index contributed by atoms with van der Waals surface area (Å²) in [4.78, 5) is 4.36. The van der Waals surface area contributed by atoms with Crippen LogP contribution in [0.1, 0.15) is 5.56 Å². The van der Waals surface area contributed by atoms with Gasteiger partial charge in [-0.25, -0.2) is 4.98 Å². The Labute approximate surface area is 100 Å². The molecule has 0 aliphatic heterocycles. The van der Waals surface area contributed by atoms with Gasteiger partial charge in [-0.3, -0.25) is 10.4 Å². The topological polar surface area (TPSA) is 28.2 Å². The Bertz CT molecular complexity index is 497. The van der Waals surface area contributed by atoms with Gasteiger partial charge in [-0.1, -0.05) is 29.8 Å². The number of nitrogens with one attached hydrogen (secondary N) is 1. The Morgan fingerprint density at radius 3 is 2.81 bits per heavy atom. The number of pyridine rings is 1. The average molecular weight is 236 g/mol. The normalized spacial score (nSPS) is 11.2. The maximum absolute atomic E-state index is 6.12. The number of benzene rings is 1. The Kier molecular flexibility index (Phi) is 3.39. The summed E-state index contributed by atoms with van der Waals surface area (Å²) < 4.78 is 0. The molecule has 1 aromatic heterocycles. The van der Waals surface area contributed by atoms with E-state index in [9.17, 15) is 0 Å². The van der Waals surface area contributed by atoms with Gasteiger partial charge in [0.1, 0.15) is 5.15 Å². The highest BCUT2D eigenvalue weighted by molar-refractivity contribution is 6.30. The highest BCUT2D eigenvalue weighted by Crippen LogP contribution is 2.20. The molecule has 0 aliphatic rings. The Morgan fingerprint density at radius 2 is 2.06 bits per heavy atom. The number of nitrogens with zero attached hydrogens (tertiary/aromatic N) is 2. The van der Waals surface area contributed by atoms with Gasteiger partial charge < -0.3 is 0 Å². The minimum Gasteiger partial charge on any atom is -0.251 e. The first-order chi connectivity index (χ1) is 7.66. The van der Waals surface area contributed by atoms with Crippen molar-refractivity contribution in [2.24, 2.45) is 0 Å². The Morgan fingerprint density at radius 1 is 1.31 bits per heavy atom. The summed E-state index contributed by atoms with van der Waals surface area (Å²) in [7, 11) is 3.89.